The van der Waals surface area contributed by atoms with Crippen molar-refractivity contribution in [1.29, 1.82) is 0 Å². The number of amides is 1. The first-order valence-corrected chi connectivity index (χ1v) is 6.83. The van der Waals surface area contributed by atoms with Gasteiger partial charge in [-0.05, 0) is 45.2 Å². The number of carbonyl (C=O) groups excluding carboxylic acids is 1. The molecule has 1 atom stereocenters. The van der Waals surface area contributed by atoms with E-state index in [4.69, 9.17) is 4.74 Å². The third-order valence-corrected chi connectivity index (χ3v) is 3.96. The number of carbonyl (C=O) groups is 1. The maximum absolute atomic E-state index is 12.5. The topological polar surface area (TPSA) is 41.6 Å². The molecule has 1 amide bonds. The van der Waals surface area contributed by atoms with Crippen molar-refractivity contribution < 1.29 is 9.53 Å². The lowest BCUT2D eigenvalue weighted by molar-refractivity contribution is -0.141. The summed E-state index contributed by atoms with van der Waals surface area (Å²) in [6, 6.07) is 0.316. The van der Waals surface area contributed by atoms with Gasteiger partial charge < -0.3 is 15.0 Å². The molecule has 4 nitrogen and oxygen atoms in total. The van der Waals surface area contributed by atoms with Gasteiger partial charge in [0.25, 0.3) is 0 Å². The fourth-order valence-electron chi connectivity index (χ4n) is 2.96. The average molecular weight is 240 g/mol. The second-order valence-electron chi connectivity index (χ2n) is 5.16. The summed E-state index contributed by atoms with van der Waals surface area (Å²) in [7, 11) is 1.72. The van der Waals surface area contributed by atoms with Crippen LogP contribution in [0.4, 0.5) is 0 Å². The van der Waals surface area contributed by atoms with Gasteiger partial charge in [0.2, 0.25) is 5.91 Å². The average Bonchev–Trinajstić information content (AvgIpc) is 2.40. The number of likely N-dealkylation sites (tertiary alicyclic amines) is 1. The number of hydrogen-bond acceptors (Lipinski definition) is 3. The Hall–Kier alpha value is -0.610. The first kappa shape index (κ1) is 12.8. The molecule has 0 aromatic heterocycles. The lowest BCUT2D eigenvalue weighted by Gasteiger charge is -2.38. The number of rotatable bonds is 3. The van der Waals surface area contributed by atoms with Gasteiger partial charge in [0.15, 0.2) is 0 Å². The summed E-state index contributed by atoms with van der Waals surface area (Å²) in [6.07, 6.45) is 5.47. The van der Waals surface area contributed by atoms with Crippen molar-refractivity contribution in [3.63, 3.8) is 0 Å². The number of hydrogen-bond donors (Lipinski definition) is 1. The molecule has 2 saturated heterocycles. The van der Waals surface area contributed by atoms with Gasteiger partial charge in [0.1, 0.15) is 0 Å². The van der Waals surface area contributed by atoms with E-state index in [0.717, 1.165) is 45.3 Å². The van der Waals surface area contributed by atoms with Crippen LogP contribution in [0.15, 0.2) is 0 Å². The lowest BCUT2D eigenvalue weighted by Crippen LogP contribution is -2.49. The molecule has 1 N–H and O–H groups in total. The van der Waals surface area contributed by atoms with Gasteiger partial charge in [0, 0.05) is 19.6 Å². The van der Waals surface area contributed by atoms with Gasteiger partial charge in [-0.15, -0.1) is 0 Å². The fourth-order valence-corrected chi connectivity index (χ4v) is 2.96. The van der Waals surface area contributed by atoms with E-state index in [1.807, 2.05) is 0 Å². The Morgan fingerprint density at radius 2 is 2.06 bits per heavy atom. The van der Waals surface area contributed by atoms with Crippen LogP contribution in [-0.4, -0.2) is 50.2 Å². The Labute approximate surface area is 104 Å². The Kier molecular flexibility index (Phi) is 4.80. The van der Waals surface area contributed by atoms with Crippen molar-refractivity contribution in [3.8, 4) is 0 Å². The van der Waals surface area contributed by atoms with E-state index < -0.39 is 0 Å². The molecule has 2 aliphatic heterocycles. The van der Waals surface area contributed by atoms with E-state index in [9.17, 15) is 4.79 Å². The largest absolute Gasteiger partial charge is 0.383 e. The molecule has 17 heavy (non-hydrogen) atoms. The highest BCUT2D eigenvalue weighted by Gasteiger charge is 2.31. The molecule has 2 heterocycles. The predicted molar refractivity (Wildman–Crippen MR) is 66.8 cm³/mol. The van der Waals surface area contributed by atoms with Crippen LogP contribution in [0.3, 0.4) is 0 Å². The van der Waals surface area contributed by atoms with Crippen LogP contribution in [0.5, 0.6) is 0 Å². The molecule has 2 rings (SSSR count). The maximum atomic E-state index is 12.5. The second kappa shape index (κ2) is 6.36. The number of methoxy groups -OCH3 is 1. The number of piperidine rings is 2. The van der Waals surface area contributed by atoms with Crippen molar-refractivity contribution in [2.75, 3.05) is 33.4 Å². The van der Waals surface area contributed by atoms with Crippen LogP contribution in [0.25, 0.3) is 0 Å². The fraction of sp³-hybridized carbons (Fsp3) is 0.923. The molecule has 98 valence electrons. The van der Waals surface area contributed by atoms with Gasteiger partial charge in [-0.25, -0.2) is 0 Å². The molecular weight excluding hydrogens is 216 g/mol. The van der Waals surface area contributed by atoms with Crippen LogP contribution in [-0.2, 0) is 9.53 Å². The molecule has 0 saturated carbocycles. The molecule has 0 aromatic rings. The SMILES string of the molecule is COC[C@H]1CCCCN1C(=O)C1CCNCC1. The molecule has 2 aliphatic rings. The summed E-state index contributed by atoms with van der Waals surface area (Å²) in [6.45, 7) is 3.59. The zero-order valence-electron chi connectivity index (χ0n) is 10.8. The monoisotopic (exact) mass is 240 g/mol. The highest BCUT2D eigenvalue weighted by atomic mass is 16.5. The Balaban J connectivity index is 1.94. The smallest absolute Gasteiger partial charge is 0.226 e. The molecule has 0 aliphatic carbocycles. The van der Waals surface area contributed by atoms with E-state index in [1.54, 1.807) is 7.11 Å². The quantitative estimate of drug-likeness (QED) is 0.800. The molecular formula is C13H24N2O2. The van der Waals surface area contributed by atoms with Gasteiger partial charge in [-0.3, -0.25) is 4.79 Å². The molecule has 0 radical (unpaired) electrons. The molecule has 0 aromatic carbocycles. The molecule has 4 heteroatoms. The van der Waals surface area contributed by atoms with E-state index >= 15 is 0 Å². The van der Waals surface area contributed by atoms with Crippen molar-refractivity contribution in [1.82, 2.24) is 10.2 Å². The summed E-state index contributed by atoms with van der Waals surface area (Å²) >= 11 is 0. The first-order chi connectivity index (χ1) is 8.33. The van der Waals surface area contributed by atoms with Crippen molar-refractivity contribution >= 4 is 5.91 Å². The summed E-state index contributed by atoms with van der Waals surface area (Å²) in [4.78, 5) is 14.6. The van der Waals surface area contributed by atoms with Gasteiger partial charge >= 0.3 is 0 Å². The minimum atomic E-state index is 0.244. The van der Waals surface area contributed by atoms with E-state index in [1.165, 1.54) is 6.42 Å². The third-order valence-electron chi connectivity index (χ3n) is 3.96. The lowest BCUT2D eigenvalue weighted by atomic mass is 9.93. The van der Waals surface area contributed by atoms with Gasteiger partial charge in [0.05, 0.1) is 12.6 Å². The molecule has 0 unspecified atom stereocenters. The zero-order valence-corrected chi connectivity index (χ0v) is 10.8. The summed E-state index contributed by atoms with van der Waals surface area (Å²) in [5.74, 6) is 0.613. The van der Waals surface area contributed by atoms with Crippen LogP contribution in [0, 0.1) is 5.92 Å². The minimum absolute atomic E-state index is 0.244. The van der Waals surface area contributed by atoms with E-state index in [-0.39, 0.29) is 5.92 Å². The normalized spacial score (nSPS) is 27.1. The van der Waals surface area contributed by atoms with Crippen LogP contribution >= 0.6 is 0 Å². The minimum Gasteiger partial charge on any atom is -0.383 e. The molecule has 2 fully saturated rings. The highest BCUT2D eigenvalue weighted by Crippen LogP contribution is 2.23. The van der Waals surface area contributed by atoms with Gasteiger partial charge in [-0.2, -0.15) is 0 Å². The summed E-state index contributed by atoms with van der Waals surface area (Å²) in [5, 5.41) is 3.31. The number of nitrogens with one attached hydrogen (secondary N) is 1. The Morgan fingerprint density at radius 3 is 2.76 bits per heavy atom. The second-order valence-corrected chi connectivity index (χ2v) is 5.16. The zero-order chi connectivity index (χ0) is 12.1. The maximum Gasteiger partial charge on any atom is 0.226 e. The Bertz CT molecular complexity index is 250. The van der Waals surface area contributed by atoms with Crippen LogP contribution in [0.1, 0.15) is 32.1 Å². The van der Waals surface area contributed by atoms with Crippen LogP contribution < -0.4 is 5.32 Å². The third kappa shape index (κ3) is 3.19. The predicted octanol–water partition coefficient (Wildman–Crippen LogP) is 1.01. The van der Waals surface area contributed by atoms with Crippen LogP contribution in [0.2, 0.25) is 0 Å². The highest BCUT2D eigenvalue weighted by molar-refractivity contribution is 5.79. The standard InChI is InChI=1S/C13H24N2O2/c1-17-10-12-4-2-3-9-15(12)13(16)11-5-7-14-8-6-11/h11-12,14H,2-10H2,1H3/t12-/m1/s1. The number of ether oxygens (including phenoxy) is 1. The molecule has 0 bridgehead atoms. The van der Waals surface area contributed by atoms with Crippen molar-refractivity contribution in [3.05, 3.63) is 0 Å². The van der Waals surface area contributed by atoms with Crippen molar-refractivity contribution in [2.45, 2.75) is 38.1 Å². The number of nitrogens with zero attached hydrogens (tertiary/aromatic N) is 1. The van der Waals surface area contributed by atoms with E-state index in [2.05, 4.69) is 10.2 Å². The summed E-state index contributed by atoms with van der Waals surface area (Å²) in [5.41, 5.74) is 0. The summed E-state index contributed by atoms with van der Waals surface area (Å²) < 4.78 is 5.24. The first-order valence-electron chi connectivity index (χ1n) is 6.83. The Morgan fingerprint density at radius 1 is 1.29 bits per heavy atom. The van der Waals surface area contributed by atoms with Gasteiger partial charge in [-0.1, -0.05) is 0 Å². The van der Waals surface area contributed by atoms with E-state index in [0.29, 0.717) is 18.6 Å². The van der Waals surface area contributed by atoms with Crippen molar-refractivity contribution in [2.24, 2.45) is 5.92 Å². The molecule has 0 spiro atoms.